The first kappa shape index (κ1) is 19.1. The first-order valence-corrected chi connectivity index (χ1v) is 10.2. The van der Waals surface area contributed by atoms with Crippen LogP contribution in [0.25, 0.3) is 11.3 Å². The summed E-state index contributed by atoms with van der Waals surface area (Å²) >= 11 is 9.89. The Morgan fingerprint density at radius 3 is 2.69 bits per heavy atom. The molecule has 26 heavy (non-hydrogen) atoms. The average Bonchev–Trinajstić information content (AvgIpc) is 3.04. The number of rotatable bonds is 6. The molecule has 2 N–H and O–H groups in total. The minimum absolute atomic E-state index is 0.381. The van der Waals surface area contributed by atoms with Crippen LogP contribution in [0.2, 0.25) is 5.02 Å². The number of nitrogens with one attached hydrogen (secondary N) is 1. The summed E-state index contributed by atoms with van der Waals surface area (Å²) in [4.78, 5) is 16.1. The van der Waals surface area contributed by atoms with Crippen LogP contribution in [0, 0.1) is 10.5 Å². The van der Waals surface area contributed by atoms with Gasteiger partial charge in [0.1, 0.15) is 6.04 Å². The summed E-state index contributed by atoms with van der Waals surface area (Å²) < 4.78 is 1.12. The molecule has 0 aliphatic heterocycles. The maximum absolute atomic E-state index is 11.6. The molecule has 1 atom stereocenters. The van der Waals surface area contributed by atoms with Crippen LogP contribution in [-0.2, 0) is 11.2 Å². The van der Waals surface area contributed by atoms with Crippen molar-refractivity contribution in [3.8, 4) is 11.3 Å². The van der Waals surface area contributed by atoms with E-state index in [1.165, 1.54) is 11.3 Å². The van der Waals surface area contributed by atoms with E-state index in [9.17, 15) is 9.90 Å². The van der Waals surface area contributed by atoms with E-state index < -0.39 is 12.0 Å². The Hall–Kier alpha value is -1.64. The molecule has 4 nitrogen and oxygen atoms in total. The molecule has 0 fully saturated rings. The average molecular weight is 499 g/mol. The van der Waals surface area contributed by atoms with E-state index in [0.29, 0.717) is 16.6 Å². The smallest absolute Gasteiger partial charge is 0.326 e. The van der Waals surface area contributed by atoms with Gasteiger partial charge in [-0.15, -0.1) is 11.3 Å². The molecule has 7 heteroatoms. The van der Waals surface area contributed by atoms with Gasteiger partial charge in [0, 0.05) is 20.9 Å². The van der Waals surface area contributed by atoms with Crippen molar-refractivity contribution in [3.05, 3.63) is 67.6 Å². The largest absolute Gasteiger partial charge is 0.480 e. The fourth-order valence-corrected chi connectivity index (χ4v) is 3.95. The highest BCUT2D eigenvalue weighted by atomic mass is 127. The molecular weight excluding hydrogens is 483 g/mol. The normalized spacial score (nSPS) is 12.0. The molecule has 1 unspecified atom stereocenters. The number of carboxylic acids is 1. The first-order valence-electron chi connectivity index (χ1n) is 7.88. The van der Waals surface area contributed by atoms with Crippen LogP contribution in [0.1, 0.15) is 11.1 Å². The standard InChI is InChI=1S/C19H16ClIN2O2S/c1-11-2-7-14(15(20)8-11)17-10-26-19(23-17)22-16(18(24)25)9-12-3-5-13(21)6-4-12/h2-8,10,16H,9H2,1H3,(H,22,23)(H,24,25). The van der Waals surface area contributed by atoms with Crippen LogP contribution in [0.4, 0.5) is 5.13 Å². The zero-order valence-electron chi connectivity index (χ0n) is 13.9. The number of aliphatic carboxylic acids is 1. The van der Waals surface area contributed by atoms with Crippen molar-refractivity contribution in [2.45, 2.75) is 19.4 Å². The molecule has 0 spiro atoms. The zero-order valence-corrected chi connectivity index (χ0v) is 17.6. The number of thiazole rings is 1. The van der Waals surface area contributed by atoms with Gasteiger partial charge in [-0.25, -0.2) is 9.78 Å². The lowest BCUT2D eigenvalue weighted by molar-refractivity contribution is -0.137. The van der Waals surface area contributed by atoms with Crippen molar-refractivity contribution < 1.29 is 9.90 Å². The molecule has 3 rings (SSSR count). The van der Waals surface area contributed by atoms with Gasteiger partial charge in [0.05, 0.1) is 10.7 Å². The van der Waals surface area contributed by atoms with Gasteiger partial charge >= 0.3 is 5.97 Å². The molecule has 1 aromatic heterocycles. The Bertz CT molecular complexity index is 928. The van der Waals surface area contributed by atoms with Gasteiger partial charge in [0.25, 0.3) is 0 Å². The Balaban J connectivity index is 1.77. The van der Waals surface area contributed by atoms with Gasteiger partial charge in [-0.05, 0) is 58.8 Å². The minimum atomic E-state index is -0.909. The van der Waals surface area contributed by atoms with Gasteiger partial charge in [-0.2, -0.15) is 0 Å². The van der Waals surface area contributed by atoms with Crippen LogP contribution in [0.3, 0.4) is 0 Å². The topological polar surface area (TPSA) is 62.2 Å². The van der Waals surface area contributed by atoms with Crippen LogP contribution in [0.5, 0.6) is 0 Å². The lowest BCUT2D eigenvalue weighted by Gasteiger charge is -2.13. The first-order chi connectivity index (χ1) is 12.4. The SMILES string of the molecule is Cc1ccc(-c2csc(NC(Cc3ccc(I)cc3)C(=O)O)n2)c(Cl)c1. The van der Waals surface area contributed by atoms with E-state index in [2.05, 4.69) is 32.9 Å². The van der Waals surface area contributed by atoms with Crippen LogP contribution in [0.15, 0.2) is 47.8 Å². The van der Waals surface area contributed by atoms with Crippen LogP contribution >= 0.6 is 45.5 Å². The van der Waals surface area contributed by atoms with E-state index in [0.717, 1.165) is 26.0 Å². The van der Waals surface area contributed by atoms with E-state index in [-0.39, 0.29) is 0 Å². The molecule has 0 saturated carbocycles. The van der Waals surface area contributed by atoms with Gasteiger partial charge in [0.2, 0.25) is 0 Å². The van der Waals surface area contributed by atoms with Gasteiger partial charge in [0.15, 0.2) is 5.13 Å². The molecule has 2 aromatic carbocycles. The van der Waals surface area contributed by atoms with Crippen molar-refractivity contribution in [2.24, 2.45) is 0 Å². The third kappa shape index (κ3) is 4.75. The predicted octanol–water partition coefficient (Wildman–Crippen LogP) is 5.48. The lowest BCUT2D eigenvalue weighted by Crippen LogP contribution is -2.31. The molecule has 0 aliphatic rings. The molecule has 0 bridgehead atoms. The molecular formula is C19H16ClIN2O2S. The molecule has 0 saturated heterocycles. The Morgan fingerprint density at radius 2 is 2.04 bits per heavy atom. The lowest BCUT2D eigenvalue weighted by atomic mass is 10.1. The number of benzene rings is 2. The van der Waals surface area contributed by atoms with Crippen molar-refractivity contribution in [1.29, 1.82) is 0 Å². The Labute approximate surface area is 174 Å². The Kier molecular flexibility index (Phi) is 6.16. The quantitative estimate of drug-likeness (QED) is 0.442. The van der Waals surface area contributed by atoms with Crippen molar-refractivity contribution in [3.63, 3.8) is 0 Å². The highest BCUT2D eigenvalue weighted by Gasteiger charge is 2.20. The number of nitrogens with zero attached hydrogens (tertiary/aromatic N) is 1. The highest BCUT2D eigenvalue weighted by Crippen LogP contribution is 2.31. The van der Waals surface area contributed by atoms with Gasteiger partial charge in [-0.3, -0.25) is 0 Å². The summed E-state index contributed by atoms with van der Waals surface area (Å²) in [5.74, 6) is -0.909. The van der Waals surface area contributed by atoms with E-state index in [4.69, 9.17) is 11.6 Å². The summed E-state index contributed by atoms with van der Waals surface area (Å²) in [6.45, 7) is 1.98. The van der Waals surface area contributed by atoms with Gasteiger partial charge < -0.3 is 10.4 Å². The molecule has 0 aliphatic carbocycles. The number of halogens is 2. The maximum Gasteiger partial charge on any atom is 0.326 e. The fourth-order valence-electron chi connectivity index (χ4n) is 2.50. The van der Waals surface area contributed by atoms with Crippen molar-refractivity contribution >= 4 is 56.6 Å². The van der Waals surface area contributed by atoms with E-state index in [1.807, 2.05) is 54.8 Å². The number of hydrogen-bond donors (Lipinski definition) is 2. The molecule has 1 heterocycles. The van der Waals surface area contributed by atoms with E-state index in [1.54, 1.807) is 0 Å². The fraction of sp³-hybridized carbons (Fsp3) is 0.158. The summed E-state index contributed by atoms with van der Waals surface area (Å²) in [6, 6.07) is 12.9. The number of anilines is 1. The van der Waals surface area contributed by atoms with Crippen molar-refractivity contribution in [1.82, 2.24) is 4.98 Å². The second kappa shape index (κ2) is 8.37. The summed E-state index contributed by atoms with van der Waals surface area (Å²) in [7, 11) is 0. The second-order valence-electron chi connectivity index (χ2n) is 5.89. The summed E-state index contributed by atoms with van der Waals surface area (Å²) in [5.41, 5.74) is 3.62. The number of aryl methyl sites for hydroxylation is 1. The molecule has 0 radical (unpaired) electrons. The third-order valence-electron chi connectivity index (χ3n) is 3.85. The van der Waals surface area contributed by atoms with Crippen LogP contribution in [-0.4, -0.2) is 22.1 Å². The zero-order chi connectivity index (χ0) is 18.7. The molecule has 3 aromatic rings. The minimum Gasteiger partial charge on any atom is -0.480 e. The van der Waals surface area contributed by atoms with E-state index >= 15 is 0 Å². The third-order valence-corrected chi connectivity index (χ3v) is 5.66. The number of carboxylic acid groups (broad SMARTS) is 1. The molecule has 0 amide bonds. The highest BCUT2D eigenvalue weighted by molar-refractivity contribution is 14.1. The summed E-state index contributed by atoms with van der Waals surface area (Å²) in [5, 5.41) is 15.6. The number of hydrogen-bond acceptors (Lipinski definition) is 4. The van der Waals surface area contributed by atoms with Crippen LogP contribution < -0.4 is 5.32 Å². The maximum atomic E-state index is 11.6. The number of carbonyl (C=O) groups is 1. The molecule has 134 valence electrons. The Morgan fingerprint density at radius 1 is 1.31 bits per heavy atom. The van der Waals surface area contributed by atoms with Crippen molar-refractivity contribution in [2.75, 3.05) is 5.32 Å². The predicted molar refractivity (Wildman–Crippen MR) is 115 cm³/mol. The number of aromatic nitrogens is 1. The van der Waals surface area contributed by atoms with Gasteiger partial charge in [-0.1, -0.05) is 35.9 Å². The monoisotopic (exact) mass is 498 g/mol. The second-order valence-corrected chi connectivity index (χ2v) is 8.40. The summed E-state index contributed by atoms with van der Waals surface area (Å²) in [6.07, 6.45) is 0.381.